The Balaban J connectivity index is 2.22. The molecule has 2 aromatic rings. The van der Waals surface area contributed by atoms with Crippen molar-refractivity contribution in [3.63, 3.8) is 0 Å². The van der Waals surface area contributed by atoms with E-state index in [0.29, 0.717) is 17.5 Å². The van der Waals surface area contributed by atoms with Crippen molar-refractivity contribution in [3.8, 4) is 0 Å². The molecular weight excluding hydrogens is 272 g/mol. The van der Waals surface area contributed by atoms with Gasteiger partial charge in [-0.15, -0.1) is 0 Å². The summed E-state index contributed by atoms with van der Waals surface area (Å²) in [5.41, 5.74) is -0.181. The Morgan fingerprint density at radius 1 is 1.20 bits per heavy atom. The van der Waals surface area contributed by atoms with Gasteiger partial charge >= 0.3 is 5.69 Å². The average molecular weight is 292 g/mol. The highest BCUT2D eigenvalue weighted by Gasteiger charge is 2.12. The summed E-state index contributed by atoms with van der Waals surface area (Å²) in [5, 5.41) is 0.501. The lowest BCUT2D eigenvalue weighted by atomic mass is 10.2. The molecule has 20 heavy (non-hydrogen) atoms. The summed E-state index contributed by atoms with van der Waals surface area (Å²) in [6, 6.07) is 8.08. The van der Waals surface area contributed by atoms with Crippen LogP contribution in [-0.4, -0.2) is 24.2 Å². The quantitative estimate of drug-likeness (QED) is 0.677. The number of ether oxygens (including phenoxy) is 1. The number of H-pyrrole nitrogens is 1. The van der Waals surface area contributed by atoms with Gasteiger partial charge in [0, 0.05) is 14.7 Å². The number of benzene rings is 1. The van der Waals surface area contributed by atoms with E-state index in [4.69, 9.17) is 4.74 Å². The van der Waals surface area contributed by atoms with E-state index in [-0.39, 0.29) is 12.3 Å². The fraction of sp³-hybridized carbons (Fsp3) is 0.429. The van der Waals surface area contributed by atoms with Crippen LogP contribution in [-0.2, 0) is 11.5 Å². The van der Waals surface area contributed by atoms with E-state index in [1.54, 1.807) is 24.3 Å². The number of rotatable bonds is 5. The normalized spacial score (nSPS) is 11.9. The van der Waals surface area contributed by atoms with E-state index in [1.807, 2.05) is 0 Å². The van der Waals surface area contributed by atoms with Gasteiger partial charge in [0.25, 0.3) is 5.56 Å². The third kappa shape index (κ3) is 3.46. The minimum atomic E-state index is -1.14. The van der Waals surface area contributed by atoms with Gasteiger partial charge in [-0.2, -0.15) is 0 Å². The molecule has 0 amide bonds. The molecule has 108 valence electrons. The Labute approximate surface area is 118 Å². The van der Waals surface area contributed by atoms with E-state index in [0.717, 1.165) is 6.04 Å². The second-order valence-electron chi connectivity index (χ2n) is 6.05. The number of nitrogens with one attached hydrogen (secondary N) is 1. The summed E-state index contributed by atoms with van der Waals surface area (Å²) >= 11 is 0. The van der Waals surface area contributed by atoms with Crippen LogP contribution < -0.4 is 11.2 Å². The maximum atomic E-state index is 11.9. The zero-order valence-corrected chi connectivity index (χ0v) is 13.1. The van der Waals surface area contributed by atoms with E-state index in [2.05, 4.69) is 24.6 Å². The first-order valence-electron chi connectivity index (χ1n) is 6.68. The molecule has 0 spiro atoms. The van der Waals surface area contributed by atoms with Gasteiger partial charge in [0.1, 0.15) is 6.73 Å². The summed E-state index contributed by atoms with van der Waals surface area (Å²) in [5.74, 6) is 0. The standard InChI is InChI=1S/C14H20N2O3Si/c1-20(2,3)9-8-19-10-16-12-7-5-4-6-11(12)13(17)15-14(16)18/h4-7H,8-10H2,1-3H3,(H,15,17,18). The van der Waals surface area contributed by atoms with Crippen molar-refractivity contribution >= 4 is 19.0 Å². The summed E-state index contributed by atoms with van der Waals surface area (Å²) < 4.78 is 7.06. The van der Waals surface area contributed by atoms with Crippen LogP contribution in [0.1, 0.15) is 0 Å². The van der Waals surface area contributed by atoms with Crippen molar-refractivity contribution in [2.45, 2.75) is 32.4 Å². The third-order valence-corrected chi connectivity index (χ3v) is 4.83. The topological polar surface area (TPSA) is 64.1 Å². The van der Waals surface area contributed by atoms with Gasteiger partial charge in [-0.05, 0) is 18.2 Å². The van der Waals surface area contributed by atoms with Crippen molar-refractivity contribution in [3.05, 3.63) is 45.1 Å². The number of aromatic nitrogens is 2. The Kier molecular flexibility index (Phi) is 4.25. The second-order valence-corrected chi connectivity index (χ2v) is 11.7. The van der Waals surface area contributed by atoms with Crippen LogP contribution >= 0.6 is 0 Å². The van der Waals surface area contributed by atoms with Gasteiger partial charge in [-0.1, -0.05) is 31.8 Å². The van der Waals surface area contributed by atoms with Crippen LogP contribution in [0, 0.1) is 0 Å². The van der Waals surface area contributed by atoms with Crippen LogP contribution in [0.3, 0.4) is 0 Å². The lowest BCUT2D eigenvalue weighted by Gasteiger charge is -2.16. The van der Waals surface area contributed by atoms with Crippen LogP contribution in [0.2, 0.25) is 25.7 Å². The highest BCUT2D eigenvalue weighted by Crippen LogP contribution is 2.09. The smallest absolute Gasteiger partial charge is 0.330 e. The first kappa shape index (κ1) is 14.7. The van der Waals surface area contributed by atoms with Gasteiger partial charge in [0.2, 0.25) is 0 Å². The minimum absolute atomic E-state index is 0.167. The molecular formula is C14H20N2O3Si. The molecule has 0 saturated carbocycles. The maximum absolute atomic E-state index is 11.9. The molecule has 0 radical (unpaired) electrons. The van der Waals surface area contributed by atoms with Gasteiger partial charge < -0.3 is 4.74 Å². The van der Waals surface area contributed by atoms with Gasteiger partial charge in [-0.3, -0.25) is 14.3 Å². The van der Waals surface area contributed by atoms with Crippen molar-refractivity contribution in [2.24, 2.45) is 0 Å². The monoisotopic (exact) mass is 292 g/mol. The molecule has 5 nitrogen and oxygen atoms in total. The first-order chi connectivity index (χ1) is 9.38. The van der Waals surface area contributed by atoms with Crippen LogP contribution in [0.15, 0.2) is 33.9 Å². The molecule has 6 heteroatoms. The SMILES string of the molecule is C[Si](C)(C)CCOCn1c(=O)[nH]c(=O)c2ccccc21. The van der Waals surface area contributed by atoms with E-state index < -0.39 is 13.8 Å². The van der Waals surface area contributed by atoms with Crippen molar-refractivity contribution in [2.75, 3.05) is 6.61 Å². The van der Waals surface area contributed by atoms with Gasteiger partial charge in [-0.25, -0.2) is 4.79 Å². The number of aromatic amines is 1. The summed E-state index contributed by atoms with van der Waals surface area (Å²) in [6.45, 7) is 7.63. The van der Waals surface area contributed by atoms with Crippen molar-refractivity contribution in [1.82, 2.24) is 9.55 Å². The summed E-state index contributed by atoms with van der Waals surface area (Å²) in [4.78, 5) is 25.9. The molecule has 0 bridgehead atoms. The molecule has 1 aromatic carbocycles. The van der Waals surface area contributed by atoms with E-state index in [1.165, 1.54) is 4.57 Å². The van der Waals surface area contributed by atoms with Gasteiger partial charge in [0.05, 0.1) is 10.9 Å². The number of hydrogen-bond donors (Lipinski definition) is 1. The molecule has 0 aliphatic heterocycles. The Morgan fingerprint density at radius 2 is 1.90 bits per heavy atom. The van der Waals surface area contributed by atoms with Crippen LogP contribution in [0.4, 0.5) is 0 Å². The molecule has 1 aromatic heterocycles. The number of para-hydroxylation sites is 1. The summed E-state index contributed by atoms with van der Waals surface area (Å²) in [6.07, 6.45) is 0. The van der Waals surface area contributed by atoms with Gasteiger partial charge in [0.15, 0.2) is 0 Å². The Morgan fingerprint density at radius 3 is 2.60 bits per heavy atom. The van der Waals surface area contributed by atoms with Crippen molar-refractivity contribution < 1.29 is 4.74 Å². The summed E-state index contributed by atoms with van der Waals surface area (Å²) in [7, 11) is -1.14. The minimum Gasteiger partial charge on any atom is -0.361 e. The molecule has 0 unspecified atom stereocenters. The molecule has 0 aliphatic rings. The molecule has 1 N–H and O–H groups in total. The van der Waals surface area contributed by atoms with E-state index in [9.17, 15) is 9.59 Å². The highest BCUT2D eigenvalue weighted by atomic mass is 28.3. The van der Waals surface area contributed by atoms with Crippen molar-refractivity contribution in [1.29, 1.82) is 0 Å². The Bertz CT molecular complexity index is 713. The molecule has 1 heterocycles. The largest absolute Gasteiger partial charge is 0.361 e. The van der Waals surface area contributed by atoms with Crippen LogP contribution in [0.5, 0.6) is 0 Å². The maximum Gasteiger partial charge on any atom is 0.330 e. The highest BCUT2D eigenvalue weighted by molar-refractivity contribution is 6.76. The zero-order chi connectivity index (χ0) is 14.8. The fourth-order valence-electron chi connectivity index (χ4n) is 1.90. The molecule has 0 aliphatic carbocycles. The average Bonchev–Trinajstić information content (AvgIpc) is 2.36. The third-order valence-electron chi connectivity index (χ3n) is 3.12. The predicted octanol–water partition coefficient (Wildman–Crippen LogP) is 2.00. The number of nitrogens with zero attached hydrogens (tertiary/aromatic N) is 1. The predicted molar refractivity (Wildman–Crippen MR) is 82.9 cm³/mol. The molecule has 2 rings (SSSR count). The lowest BCUT2D eigenvalue weighted by Crippen LogP contribution is -2.31. The lowest BCUT2D eigenvalue weighted by molar-refractivity contribution is 0.0869. The van der Waals surface area contributed by atoms with Crippen LogP contribution in [0.25, 0.3) is 10.9 Å². The molecule has 0 fully saturated rings. The number of fused-ring (bicyclic) bond motifs is 1. The zero-order valence-electron chi connectivity index (χ0n) is 12.1. The number of hydrogen-bond acceptors (Lipinski definition) is 3. The van der Waals surface area contributed by atoms with E-state index >= 15 is 0 Å². The Hall–Kier alpha value is -1.66. The molecule has 0 saturated heterocycles. The molecule has 0 atom stereocenters. The first-order valence-corrected chi connectivity index (χ1v) is 10.4. The fourth-order valence-corrected chi connectivity index (χ4v) is 2.66. The second kappa shape index (κ2) is 5.76.